The Morgan fingerprint density at radius 2 is 1.20 bits per heavy atom. The number of rotatable bonds is 4. The first-order valence-corrected chi connectivity index (χ1v) is 22.5. The van der Waals surface area contributed by atoms with Gasteiger partial charge in [-0.15, -0.1) is 0 Å². The van der Waals surface area contributed by atoms with Crippen LogP contribution in [0.1, 0.15) is 82.0 Å². The summed E-state index contributed by atoms with van der Waals surface area (Å²) in [7, 11) is 2.32. The minimum atomic E-state index is 0.431. The summed E-state index contributed by atoms with van der Waals surface area (Å²) in [5, 5.41) is 13.0. The number of nitrogens with zero attached hydrogens (tertiary/aromatic N) is 4. The van der Waals surface area contributed by atoms with Crippen LogP contribution in [-0.4, -0.2) is 72.1 Å². The van der Waals surface area contributed by atoms with E-state index in [0.29, 0.717) is 29.7 Å². The number of hydrogen-bond acceptors (Lipinski definition) is 4. The molecule has 59 heavy (non-hydrogen) atoms. The molecule has 5 aromatic carbocycles. The summed E-state index contributed by atoms with van der Waals surface area (Å²) < 4.78 is 5.25. The van der Waals surface area contributed by atoms with Crippen molar-refractivity contribution >= 4 is 49.3 Å². The molecule has 2 N–H and O–H groups in total. The molecule has 3 fully saturated rings. The number of aryl methyl sites for hydroxylation is 4. The number of benzene rings is 5. The smallest absolute Gasteiger partial charge is 0.0549 e. The van der Waals surface area contributed by atoms with E-state index < -0.39 is 0 Å². The predicted octanol–water partition coefficient (Wildman–Crippen LogP) is 10.7. The van der Waals surface area contributed by atoms with Gasteiger partial charge in [0.05, 0.1) is 33.4 Å². The molecule has 6 heterocycles. The first-order valence-electron chi connectivity index (χ1n) is 22.5. The van der Waals surface area contributed by atoms with Crippen LogP contribution in [0.15, 0.2) is 77.8 Å². The van der Waals surface area contributed by atoms with Crippen molar-refractivity contribution in [2.24, 2.45) is 16.8 Å². The highest BCUT2D eigenvalue weighted by atomic mass is 15.2. The minimum Gasteiger partial charge on any atom is -0.312 e. The van der Waals surface area contributed by atoms with Gasteiger partial charge in [-0.05, 0) is 156 Å². The first kappa shape index (κ1) is 37.3. The summed E-state index contributed by atoms with van der Waals surface area (Å²) in [4.78, 5) is 7.61. The number of fused-ring (bicyclic) bond motifs is 9. The van der Waals surface area contributed by atoms with Crippen LogP contribution in [0.3, 0.4) is 0 Å². The summed E-state index contributed by atoms with van der Waals surface area (Å²) in [6.07, 6.45) is 5.01. The van der Waals surface area contributed by atoms with E-state index in [0.717, 1.165) is 39.3 Å². The molecule has 302 valence electrons. The Morgan fingerprint density at radius 3 is 1.83 bits per heavy atom. The molecule has 0 spiro atoms. The van der Waals surface area contributed by atoms with Crippen LogP contribution in [0.5, 0.6) is 0 Å². The lowest BCUT2D eigenvalue weighted by Crippen LogP contribution is -2.55. The van der Waals surface area contributed by atoms with Crippen molar-refractivity contribution < 1.29 is 0 Å². The molecule has 0 radical (unpaired) electrons. The zero-order valence-corrected chi connectivity index (χ0v) is 36.2. The Kier molecular flexibility index (Phi) is 8.96. The minimum absolute atomic E-state index is 0.431. The van der Waals surface area contributed by atoms with E-state index in [1.165, 1.54) is 125 Å². The van der Waals surface area contributed by atoms with Crippen LogP contribution >= 0.6 is 0 Å². The topological polar surface area (TPSA) is 49.5 Å². The molecule has 2 aromatic heterocycles. The van der Waals surface area contributed by atoms with Crippen molar-refractivity contribution in [3.63, 3.8) is 0 Å². The predicted molar refractivity (Wildman–Crippen MR) is 249 cm³/mol. The first-order chi connectivity index (χ1) is 28.7. The quantitative estimate of drug-likeness (QED) is 0.187. The van der Waals surface area contributed by atoms with Crippen molar-refractivity contribution in [2.45, 2.75) is 85.1 Å². The number of para-hydroxylation sites is 2. The van der Waals surface area contributed by atoms with Crippen LogP contribution in [0.2, 0.25) is 0 Å². The number of aromatic nitrogens is 2. The maximum absolute atomic E-state index is 5.04. The van der Waals surface area contributed by atoms with Gasteiger partial charge in [0, 0.05) is 83.8 Å². The van der Waals surface area contributed by atoms with Crippen LogP contribution in [-0.2, 0) is 0 Å². The van der Waals surface area contributed by atoms with Crippen LogP contribution in [0.4, 0.5) is 0 Å². The third-order valence-corrected chi connectivity index (χ3v) is 15.4. The van der Waals surface area contributed by atoms with E-state index in [2.05, 4.69) is 146 Å². The van der Waals surface area contributed by atoms with Crippen molar-refractivity contribution in [3.8, 4) is 11.4 Å². The van der Waals surface area contributed by atoms with Gasteiger partial charge in [-0.2, -0.15) is 0 Å². The molecule has 0 aliphatic carbocycles. The second-order valence-corrected chi connectivity index (χ2v) is 18.9. The Morgan fingerprint density at radius 1 is 0.610 bits per heavy atom. The van der Waals surface area contributed by atoms with Crippen molar-refractivity contribution in [2.75, 3.05) is 46.3 Å². The highest BCUT2D eigenvalue weighted by Gasteiger charge is 2.40. The molecule has 7 aromatic rings. The molecule has 3 saturated heterocycles. The number of likely N-dealkylation sites (tertiary alicyclic amines) is 1. The number of likely N-dealkylation sites (N-methyl/N-ethyl adjacent to an activating group) is 1. The van der Waals surface area contributed by atoms with E-state index in [1.54, 1.807) is 5.56 Å². The summed E-state index contributed by atoms with van der Waals surface area (Å²) in [6, 6.07) is 28.8. The van der Waals surface area contributed by atoms with Gasteiger partial charge < -0.3 is 24.7 Å². The molecule has 6 nitrogen and oxygen atoms in total. The van der Waals surface area contributed by atoms with Crippen LogP contribution < -0.4 is 10.6 Å². The lowest BCUT2D eigenvalue weighted by atomic mass is 9.71. The monoisotopic (exact) mass is 780 g/mol. The molecule has 6 heteroatoms. The Balaban J connectivity index is 1.16. The molecule has 11 rings (SSSR count). The van der Waals surface area contributed by atoms with Crippen LogP contribution in [0.25, 0.3) is 55.0 Å². The molecule has 5 atom stereocenters. The summed E-state index contributed by atoms with van der Waals surface area (Å²) in [6.45, 7) is 20.5. The molecular formula is C53H60N6. The fraction of sp³-hybridized carbons (Fsp3) is 0.415. The summed E-state index contributed by atoms with van der Waals surface area (Å²) >= 11 is 0. The third kappa shape index (κ3) is 5.58. The molecule has 0 amide bonds. The molecule has 4 aliphatic rings. The zero-order valence-electron chi connectivity index (χ0n) is 36.2. The van der Waals surface area contributed by atoms with Gasteiger partial charge in [0.15, 0.2) is 0 Å². The second-order valence-electron chi connectivity index (χ2n) is 18.9. The summed E-state index contributed by atoms with van der Waals surface area (Å²) in [5.41, 5.74) is 20.7. The van der Waals surface area contributed by atoms with E-state index in [-0.39, 0.29) is 0 Å². The largest absolute Gasteiger partial charge is 0.312 e. The van der Waals surface area contributed by atoms with Crippen molar-refractivity contribution in [3.05, 3.63) is 117 Å². The molecule has 0 saturated carbocycles. The number of hydrogen-bond donors (Lipinski definition) is 2. The fourth-order valence-corrected chi connectivity index (χ4v) is 13.3. The lowest BCUT2D eigenvalue weighted by molar-refractivity contribution is 0.113. The van der Waals surface area contributed by atoms with E-state index in [4.69, 9.17) is 4.99 Å². The van der Waals surface area contributed by atoms with E-state index in [9.17, 15) is 0 Å². The zero-order chi connectivity index (χ0) is 40.3. The maximum Gasteiger partial charge on any atom is 0.0549 e. The number of aliphatic imine (C=N–C) groups is 1. The fourth-order valence-electron chi connectivity index (χ4n) is 13.3. The van der Waals surface area contributed by atoms with Crippen LogP contribution in [0, 0.1) is 53.4 Å². The SMILES string of the molecule is Cc1cc(C)c(-n2c3ccccc3c3c4c5ccccc5n(-c5c(C)cc(C)c(C6CN(C)CC7NCCCC76)c5C)c4ccc32)c(C)c1C1CNCC2=NCCCC21. The average Bonchev–Trinajstić information content (AvgIpc) is 3.73. The average molecular weight is 781 g/mol. The Labute approximate surface area is 349 Å². The number of nitrogens with one attached hydrogen (secondary N) is 2. The standard InChI is InChI=1S/C53H60N6/c1-30-24-32(3)52(34(5)48(30)40-26-54-27-42-36(40)16-12-22-55-42)58-44-18-10-8-14-38(44)50-46(58)20-21-47-51(50)39-15-9-11-19-45(39)59(47)53-33(4)25-31(2)49(35(53)6)41-28-57(7)29-43-37(41)17-13-23-56-43/h8-11,14-15,18-21,24-25,36-37,40-41,43,54,56H,12-13,16-17,22-23,26-29H2,1-7H3. The number of piperidine rings is 3. The van der Waals surface area contributed by atoms with E-state index in [1.807, 2.05) is 0 Å². The van der Waals surface area contributed by atoms with Gasteiger partial charge in [-0.1, -0.05) is 48.5 Å². The Bertz CT molecular complexity index is 2870. The highest BCUT2D eigenvalue weighted by molar-refractivity contribution is 6.29. The van der Waals surface area contributed by atoms with E-state index >= 15 is 0 Å². The second kappa shape index (κ2) is 14.2. The van der Waals surface area contributed by atoms with Crippen molar-refractivity contribution in [1.29, 1.82) is 0 Å². The summed E-state index contributed by atoms with van der Waals surface area (Å²) in [5.74, 6) is 2.13. The molecular weight excluding hydrogens is 721 g/mol. The molecule has 5 unspecified atom stereocenters. The highest BCUT2D eigenvalue weighted by Crippen LogP contribution is 2.47. The molecule has 4 aliphatic heterocycles. The van der Waals surface area contributed by atoms with Gasteiger partial charge in [0.25, 0.3) is 0 Å². The normalized spacial score (nSPS) is 23.9. The van der Waals surface area contributed by atoms with Crippen molar-refractivity contribution in [1.82, 2.24) is 24.7 Å². The van der Waals surface area contributed by atoms with Gasteiger partial charge in [-0.25, -0.2) is 0 Å². The Hall–Kier alpha value is -4.75. The third-order valence-electron chi connectivity index (χ3n) is 15.4. The lowest BCUT2D eigenvalue weighted by Gasteiger charge is -2.46. The van der Waals surface area contributed by atoms with Gasteiger partial charge in [0.2, 0.25) is 0 Å². The maximum atomic E-state index is 5.04. The molecule has 0 bridgehead atoms. The van der Waals surface area contributed by atoms with Gasteiger partial charge in [0.1, 0.15) is 0 Å². The van der Waals surface area contributed by atoms with Gasteiger partial charge >= 0.3 is 0 Å². The van der Waals surface area contributed by atoms with Gasteiger partial charge in [-0.3, -0.25) is 4.99 Å².